The first-order valence-corrected chi connectivity index (χ1v) is 5.64. The zero-order chi connectivity index (χ0) is 9.26. The van der Waals surface area contributed by atoms with Crippen molar-refractivity contribution in [1.82, 2.24) is 5.32 Å². The lowest BCUT2D eigenvalue weighted by Crippen LogP contribution is -2.28. The van der Waals surface area contributed by atoms with Crippen LogP contribution in [0.15, 0.2) is 12.2 Å². The molecule has 2 aliphatic carbocycles. The fourth-order valence-electron chi connectivity index (χ4n) is 2.69. The van der Waals surface area contributed by atoms with Gasteiger partial charge < -0.3 is 5.32 Å². The van der Waals surface area contributed by atoms with Crippen LogP contribution in [0.25, 0.3) is 0 Å². The van der Waals surface area contributed by atoms with E-state index in [1.807, 2.05) is 0 Å². The fourth-order valence-corrected chi connectivity index (χ4v) is 2.69. The molecule has 1 nitrogen and oxygen atoms in total. The van der Waals surface area contributed by atoms with Crippen LogP contribution in [0.2, 0.25) is 0 Å². The Hall–Kier alpha value is -0.300. The molecule has 0 unspecified atom stereocenters. The molecule has 0 aromatic rings. The first-order chi connectivity index (χ1) is 6.25. The van der Waals surface area contributed by atoms with Crippen LogP contribution in [0.3, 0.4) is 0 Å². The van der Waals surface area contributed by atoms with Crippen molar-refractivity contribution in [2.75, 3.05) is 13.1 Å². The van der Waals surface area contributed by atoms with Crippen molar-refractivity contribution in [2.24, 2.45) is 23.7 Å². The number of fused-ring (bicyclic) bond motifs is 2. The van der Waals surface area contributed by atoms with Crippen molar-refractivity contribution < 1.29 is 0 Å². The Morgan fingerprint density at radius 1 is 1.31 bits per heavy atom. The van der Waals surface area contributed by atoms with Gasteiger partial charge in [-0.05, 0) is 49.6 Å². The lowest BCUT2D eigenvalue weighted by molar-refractivity contribution is 0.400. The predicted molar refractivity (Wildman–Crippen MR) is 56.6 cm³/mol. The molecule has 0 aliphatic heterocycles. The van der Waals surface area contributed by atoms with Gasteiger partial charge in [-0.15, -0.1) is 0 Å². The zero-order valence-corrected chi connectivity index (χ0v) is 8.79. The summed E-state index contributed by atoms with van der Waals surface area (Å²) >= 11 is 0. The predicted octanol–water partition coefficient (Wildman–Crippen LogP) is 2.44. The highest BCUT2D eigenvalue weighted by Gasteiger charge is 2.34. The molecular weight excluding hydrogens is 158 g/mol. The summed E-state index contributed by atoms with van der Waals surface area (Å²) in [5.74, 6) is 3.56. The van der Waals surface area contributed by atoms with Crippen LogP contribution < -0.4 is 5.32 Å². The van der Waals surface area contributed by atoms with Crippen molar-refractivity contribution in [1.29, 1.82) is 0 Å². The van der Waals surface area contributed by atoms with Gasteiger partial charge in [-0.25, -0.2) is 0 Å². The lowest BCUT2D eigenvalue weighted by atomic mass is 9.93. The van der Waals surface area contributed by atoms with E-state index < -0.39 is 0 Å². The molecule has 1 fully saturated rings. The summed E-state index contributed by atoms with van der Waals surface area (Å²) in [6, 6.07) is 0. The molecule has 2 aliphatic rings. The first-order valence-electron chi connectivity index (χ1n) is 5.64. The van der Waals surface area contributed by atoms with Gasteiger partial charge in [0.25, 0.3) is 0 Å². The Morgan fingerprint density at radius 2 is 2.15 bits per heavy atom. The van der Waals surface area contributed by atoms with Crippen LogP contribution in [0.1, 0.15) is 26.7 Å². The third kappa shape index (κ3) is 2.14. The van der Waals surface area contributed by atoms with E-state index in [2.05, 4.69) is 31.3 Å². The molecule has 3 atom stereocenters. The van der Waals surface area contributed by atoms with E-state index in [4.69, 9.17) is 0 Å². The number of hydrogen-bond acceptors (Lipinski definition) is 1. The van der Waals surface area contributed by atoms with Crippen molar-refractivity contribution in [3.05, 3.63) is 12.2 Å². The Labute approximate surface area is 81.6 Å². The number of allylic oxidation sites excluding steroid dienone is 2. The maximum Gasteiger partial charge on any atom is -0.00146 e. The summed E-state index contributed by atoms with van der Waals surface area (Å²) in [4.78, 5) is 0. The van der Waals surface area contributed by atoms with Gasteiger partial charge in [-0.2, -0.15) is 0 Å². The summed E-state index contributed by atoms with van der Waals surface area (Å²) in [5.41, 5.74) is 0. The second-order valence-corrected chi connectivity index (χ2v) is 5.09. The highest BCUT2D eigenvalue weighted by Crippen LogP contribution is 2.42. The SMILES string of the molecule is CC(C)CNC[C@@H]1C[C@@H]2C=C[C@H]1C2. The Balaban J connectivity index is 1.69. The summed E-state index contributed by atoms with van der Waals surface area (Å²) in [7, 11) is 0. The minimum absolute atomic E-state index is 0.786. The van der Waals surface area contributed by atoms with E-state index in [-0.39, 0.29) is 0 Å². The largest absolute Gasteiger partial charge is 0.316 e. The second kappa shape index (κ2) is 3.83. The van der Waals surface area contributed by atoms with E-state index in [0.29, 0.717) is 0 Å². The quantitative estimate of drug-likeness (QED) is 0.654. The Morgan fingerprint density at radius 3 is 2.69 bits per heavy atom. The van der Waals surface area contributed by atoms with E-state index in [1.54, 1.807) is 0 Å². The lowest BCUT2D eigenvalue weighted by Gasteiger charge is -2.19. The van der Waals surface area contributed by atoms with Crippen LogP contribution in [0.4, 0.5) is 0 Å². The van der Waals surface area contributed by atoms with Crippen molar-refractivity contribution in [3.8, 4) is 0 Å². The standard InChI is InChI=1S/C12H21N/c1-9(2)7-13-8-12-6-10-3-4-11(12)5-10/h3-4,9-13H,5-8H2,1-2H3/t10-,11+,12+/m1/s1. The van der Waals surface area contributed by atoms with Gasteiger partial charge in [0.15, 0.2) is 0 Å². The number of rotatable bonds is 4. The molecule has 1 saturated carbocycles. The first kappa shape index (κ1) is 9.26. The maximum atomic E-state index is 3.58. The van der Waals surface area contributed by atoms with E-state index in [0.717, 1.165) is 23.7 Å². The minimum Gasteiger partial charge on any atom is -0.316 e. The molecular formula is C12H21N. The van der Waals surface area contributed by atoms with Crippen LogP contribution in [0, 0.1) is 23.7 Å². The van der Waals surface area contributed by atoms with Gasteiger partial charge in [0.1, 0.15) is 0 Å². The highest BCUT2D eigenvalue weighted by atomic mass is 14.9. The van der Waals surface area contributed by atoms with Gasteiger partial charge in [0.05, 0.1) is 0 Å². The van der Waals surface area contributed by atoms with Crippen molar-refractivity contribution >= 4 is 0 Å². The van der Waals surface area contributed by atoms with Gasteiger partial charge >= 0.3 is 0 Å². The molecule has 2 rings (SSSR count). The van der Waals surface area contributed by atoms with Crippen LogP contribution >= 0.6 is 0 Å². The molecule has 0 spiro atoms. The fraction of sp³-hybridized carbons (Fsp3) is 0.833. The van der Waals surface area contributed by atoms with Gasteiger partial charge in [0, 0.05) is 0 Å². The van der Waals surface area contributed by atoms with E-state index in [9.17, 15) is 0 Å². The maximum absolute atomic E-state index is 3.58. The number of hydrogen-bond donors (Lipinski definition) is 1. The Bertz CT molecular complexity index is 195. The molecule has 13 heavy (non-hydrogen) atoms. The molecule has 1 N–H and O–H groups in total. The Kier molecular flexibility index (Phi) is 2.73. The van der Waals surface area contributed by atoms with Gasteiger partial charge in [-0.1, -0.05) is 26.0 Å². The molecule has 2 bridgehead atoms. The molecule has 0 saturated heterocycles. The smallest absolute Gasteiger partial charge is 0.00146 e. The number of nitrogens with one attached hydrogen (secondary N) is 1. The monoisotopic (exact) mass is 179 g/mol. The summed E-state index contributed by atoms with van der Waals surface area (Å²) in [6.07, 6.45) is 7.74. The normalized spacial score (nSPS) is 36.4. The summed E-state index contributed by atoms with van der Waals surface area (Å²) in [6.45, 7) is 6.96. The molecule has 1 heteroatoms. The second-order valence-electron chi connectivity index (χ2n) is 5.09. The zero-order valence-electron chi connectivity index (χ0n) is 8.79. The van der Waals surface area contributed by atoms with Gasteiger partial charge in [-0.3, -0.25) is 0 Å². The third-order valence-electron chi connectivity index (χ3n) is 3.38. The van der Waals surface area contributed by atoms with Crippen LogP contribution in [-0.4, -0.2) is 13.1 Å². The van der Waals surface area contributed by atoms with Crippen LogP contribution in [-0.2, 0) is 0 Å². The minimum atomic E-state index is 0.786. The average Bonchev–Trinajstić information content (AvgIpc) is 2.64. The topological polar surface area (TPSA) is 12.0 Å². The summed E-state index contributed by atoms with van der Waals surface area (Å²) in [5, 5.41) is 3.58. The molecule has 0 aromatic carbocycles. The molecule has 0 heterocycles. The van der Waals surface area contributed by atoms with Gasteiger partial charge in [0.2, 0.25) is 0 Å². The average molecular weight is 179 g/mol. The van der Waals surface area contributed by atoms with E-state index >= 15 is 0 Å². The molecule has 0 amide bonds. The molecule has 0 aromatic heterocycles. The van der Waals surface area contributed by atoms with Crippen molar-refractivity contribution in [2.45, 2.75) is 26.7 Å². The highest BCUT2D eigenvalue weighted by molar-refractivity contribution is 5.10. The molecule has 74 valence electrons. The molecule has 0 radical (unpaired) electrons. The van der Waals surface area contributed by atoms with Crippen molar-refractivity contribution in [3.63, 3.8) is 0 Å². The van der Waals surface area contributed by atoms with Crippen LogP contribution in [0.5, 0.6) is 0 Å². The van der Waals surface area contributed by atoms with E-state index in [1.165, 1.54) is 25.9 Å². The third-order valence-corrected chi connectivity index (χ3v) is 3.38. The summed E-state index contributed by atoms with van der Waals surface area (Å²) < 4.78 is 0.